The molecule has 146 valence electrons. The molecule has 0 bridgehead atoms. The summed E-state index contributed by atoms with van der Waals surface area (Å²) in [4.78, 5) is 17.0. The van der Waals surface area contributed by atoms with Gasteiger partial charge in [-0.1, -0.05) is 12.1 Å². The normalized spacial score (nSPS) is 11.4. The second-order valence-corrected chi connectivity index (χ2v) is 9.05. The number of carbonyl (C=O) groups is 1. The van der Waals surface area contributed by atoms with Gasteiger partial charge in [-0.2, -0.15) is 0 Å². The summed E-state index contributed by atoms with van der Waals surface area (Å²) in [6.45, 7) is 0. The summed E-state index contributed by atoms with van der Waals surface area (Å²) in [5.74, 6) is 0.365. The summed E-state index contributed by atoms with van der Waals surface area (Å²) >= 11 is 1.31. The number of methoxy groups -OCH3 is 1. The molecule has 3 aromatic rings. The molecule has 0 atom stereocenters. The molecule has 1 heterocycles. The van der Waals surface area contributed by atoms with Gasteiger partial charge in [0.1, 0.15) is 5.75 Å². The van der Waals surface area contributed by atoms with Crippen molar-refractivity contribution < 1.29 is 17.9 Å². The Balaban J connectivity index is 1.74. The van der Waals surface area contributed by atoms with Crippen molar-refractivity contribution in [3.63, 3.8) is 0 Å². The molecule has 3 rings (SSSR count). The minimum absolute atomic E-state index is 0.128. The standard InChI is InChI=1S/C19H19N3O4S2/c1-22(2)28(24,25)16-9-7-13(8-10-16)18(23)21-19-20-17(12-27-19)14-5-4-6-15(11-14)26-3/h4-12H,1-3H3,(H,20,21,23). The fourth-order valence-corrected chi connectivity index (χ4v) is 4.02. The molecule has 0 aliphatic rings. The third-order valence-electron chi connectivity index (χ3n) is 3.99. The average molecular weight is 418 g/mol. The van der Waals surface area contributed by atoms with Crippen LogP contribution in [0, 0.1) is 0 Å². The predicted molar refractivity (Wildman–Crippen MR) is 109 cm³/mol. The van der Waals surface area contributed by atoms with Crippen LogP contribution < -0.4 is 10.1 Å². The van der Waals surface area contributed by atoms with Gasteiger partial charge in [0.05, 0.1) is 17.7 Å². The van der Waals surface area contributed by atoms with E-state index in [0.717, 1.165) is 21.3 Å². The molecule has 0 fully saturated rings. The number of nitrogens with zero attached hydrogens (tertiary/aromatic N) is 2. The number of rotatable bonds is 6. The van der Waals surface area contributed by atoms with Gasteiger partial charge in [-0.15, -0.1) is 11.3 Å². The first-order valence-electron chi connectivity index (χ1n) is 8.25. The molecule has 1 amide bonds. The first kappa shape index (κ1) is 20.0. The number of aromatic nitrogens is 1. The molecule has 0 aliphatic heterocycles. The summed E-state index contributed by atoms with van der Waals surface area (Å²) < 4.78 is 30.5. The molecule has 0 spiro atoms. The van der Waals surface area contributed by atoms with E-state index < -0.39 is 10.0 Å². The van der Waals surface area contributed by atoms with E-state index in [2.05, 4.69) is 10.3 Å². The Kier molecular flexibility index (Phi) is 5.78. The number of anilines is 1. The van der Waals surface area contributed by atoms with Gasteiger partial charge in [-0.25, -0.2) is 17.7 Å². The van der Waals surface area contributed by atoms with E-state index in [4.69, 9.17) is 4.74 Å². The zero-order chi connectivity index (χ0) is 20.3. The zero-order valence-electron chi connectivity index (χ0n) is 15.5. The average Bonchev–Trinajstić information content (AvgIpc) is 3.16. The fourth-order valence-electron chi connectivity index (χ4n) is 2.40. The second-order valence-electron chi connectivity index (χ2n) is 6.04. The highest BCUT2D eigenvalue weighted by Crippen LogP contribution is 2.27. The van der Waals surface area contributed by atoms with Crippen LogP contribution in [-0.4, -0.2) is 44.8 Å². The van der Waals surface area contributed by atoms with Crippen LogP contribution in [0.4, 0.5) is 5.13 Å². The number of ether oxygens (including phenoxy) is 1. The van der Waals surface area contributed by atoms with E-state index >= 15 is 0 Å². The number of carbonyl (C=O) groups excluding carboxylic acids is 1. The molecular formula is C19H19N3O4S2. The van der Waals surface area contributed by atoms with Crippen LogP contribution in [0.2, 0.25) is 0 Å². The lowest BCUT2D eigenvalue weighted by Gasteiger charge is -2.11. The molecule has 1 N–H and O–H groups in total. The lowest BCUT2D eigenvalue weighted by Crippen LogP contribution is -2.22. The summed E-state index contributed by atoms with van der Waals surface area (Å²) in [7, 11) is 0.981. The van der Waals surface area contributed by atoms with Crippen molar-refractivity contribution in [3.8, 4) is 17.0 Å². The van der Waals surface area contributed by atoms with Gasteiger partial charge in [-0.05, 0) is 36.4 Å². The number of hydrogen-bond donors (Lipinski definition) is 1. The molecule has 0 saturated heterocycles. The Hall–Kier alpha value is -2.75. The van der Waals surface area contributed by atoms with Crippen molar-refractivity contribution >= 4 is 32.4 Å². The van der Waals surface area contributed by atoms with Gasteiger partial charge in [0, 0.05) is 30.6 Å². The molecule has 9 heteroatoms. The molecule has 0 aliphatic carbocycles. The van der Waals surface area contributed by atoms with Gasteiger partial charge in [0.15, 0.2) is 5.13 Å². The zero-order valence-corrected chi connectivity index (χ0v) is 17.2. The molecule has 0 radical (unpaired) electrons. The lowest BCUT2D eigenvalue weighted by molar-refractivity contribution is 0.102. The van der Waals surface area contributed by atoms with Crippen LogP contribution in [0.25, 0.3) is 11.3 Å². The molecule has 0 saturated carbocycles. The maximum atomic E-state index is 12.4. The largest absolute Gasteiger partial charge is 0.497 e. The fraction of sp³-hybridized carbons (Fsp3) is 0.158. The van der Waals surface area contributed by atoms with Crippen molar-refractivity contribution in [2.45, 2.75) is 4.90 Å². The van der Waals surface area contributed by atoms with Crippen LogP contribution in [0.3, 0.4) is 0 Å². The number of thiazole rings is 1. The van der Waals surface area contributed by atoms with E-state index in [-0.39, 0.29) is 10.8 Å². The van der Waals surface area contributed by atoms with Gasteiger partial charge in [-0.3, -0.25) is 10.1 Å². The summed E-state index contributed by atoms with van der Waals surface area (Å²) in [6.07, 6.45) is 0. The number of amides is 1. The minimum atomic E-state index is -3.53. The SMILES string of the molecule is COc1cccc(-c2csc(NC(=O)c3ccc(S(=O)(=O)N(C)C)cc3)n2)c1. The van der Waals surface area contributed by atoms with Crippen LogP contribution in [0.5, 0.6) is 5.75 Å². The van der Waals surface area contributed by atoms with Crippen molar-refractivity contribution in [2.75, 3.05) is 26.5 Å². The predicted octanol–water partition coefficient (Wildman–Crippen LogP) is 3.32. The van der Waals surface area contributed by atoms with Crippen LogP contribution in [0.15, 0.2) is 58.8 Å². The number of benzene rings is 2. The van der Waals surface area contributed by atoms with E-state index in [1.807, 2.05) is 29.6 Å². The molecule has 7 nitrogen and oxygen atoms in total. The smallest absolute Gasteiger partial charge is 0.257 e. The Bertz CT molecular complexity index is 1090. The lowest BCUT2D eigenvalue weighted by atomic mass is 10.2. The van der Waals surface area contributed by atoms with Crippen LogP contribution in [-0.2, 0) is 10.0 Å². The summed E-state index contributed by atoms with van der Waals surface area (Å²) in [5, 5.41) is 5.03. The summed E-state index contributed by atoms with van der Waals surface area (Å²) in [5.41, 5.74) is 1.96. The Morgan fingerprint density at radius 2 is 1.86 bits per heavy atom. The maximum absolute atomic E-state index is 12.4. The highest BCUT2D eigenvalue weighted by molar-refractivity contribution is 7.89. The van der Waals surface area contributed by atoms with Crippen molar-refractivity contribution in [1.29, 1.82) is 0 Å². The summed E-state index contributed by atoms with van der Waals surface area (Å²) in [6, 6.07) is 13.3. The van der Waals surface area contributed by atoms with Crippen LogP contribution >= 0.6 is 11.3 Å². The van der Waals surface area contributed by atoms with E-state index in [9.17, 15) is 13.2 Å². The number of nitrogens with one attached hydrogen (secondary N) is 1. The minimum Gasteiger partial charge on any atom is -0.497 e. The number of sulfonamides is 1. The molecule has 0 unspecified atom stereocenters. The Morgan fingerprint density at radius 3 is 2.50 bits per heavy atom. The quantitative estimate of drug-likeness (QED) is 0.665. The number of hydrogen-bond acceptors (Lipinski definition) is 6. The molecular weight excluding hydrogens is 398 g/mol. The van der Waals surface area contributed by atoms with Gasteiger partial charge in [0.25, 0.3) is 5.91 Å². The third kappa shape index (κ3) is 4.22. The highest BCUT2D eigenvalue weighted by Gasteiger charge is 2.18. The van der Waals surface area contributed by atoms with E-state index in [0.29, 0.717) is 10.7 Å². The van der Waals surface area contributed by atoms with Crippen molar-refractivity contribution in [1.82, 2.24) is 9.29 Å². The maximum Gasteiger partial charge on any atom is 0.257 e. The first-order valence-corrected chi connectivity index (χ1v) is 10.6. The third-order valence-corrected chi connectivity index (χ3v) is 6.57. The Morgan fingerprint density at radius 1 is 1.14 bits per heavy atom. The van der Waals surface area contributed by atoms with Crippen LogP contribution in [0.1, 0.15) is 10.4 Å². The van der Waals surface area contributed by atoms with Gasteiger partial charge in [0.2, 0.25) is 10.0 Å². The topological polar surface area (TPSA) is 88.6 Å². The van der Waals surface area contributed by atoms with Gasteiger partial charge < -0.3 is 4.74 Å². The highest BCUT2D eigenvalue weighted by atomic mass is 32.2. The Labute approximate surface area is 167 Å². The molecule has 28 heavy (non-hydrogen) atoms. The van der Waals surface area contributed by atoms with E-state index in [1.165, 1.54) is 49.7 Å². The van der Waals surface area contributed by atoms with Gasteiger partial charge >= 0.3 is 0 Å². The monoisotopic (exact) mass is 417 g/mol. The first-order chi connectivity index (χ1) is 13.3. The van der Waals surface area contributed by atoms with Crippen molar-refractivity contribution in [2.24, 2.45) is 0 Å². The van der Waals surface area contributed by atoms with E-state index in [1.54, 1.807) is 7.11 Å². The molecule has 1 aromatic heterocycles. The molecule has 2 aromatic carbocycles. The second kappa shape index (κ2) is 8.09. The van der Waals surface area contributed by atoms with Crippen molar-refractivity contribution in [3.05, 3.63) is 59.5 Å².